The van der Waals surface area contributed by atoms with Crippen molar-refractivity contribution in [1.29, 1.82) is 0 Å². The molecule has 2 aliphatic rings. The van der Waals surface area contributed by atoms with Crippen LogP contribution in [-0.2, 0) is 4.79 Å². The van der Waals surface area contributed by atoms with Crippen LogP contribution >= 0.6 is 11.6 Å². The Hall–Kier alpha value is -0.240. The van der Waals surface area contributed by atoms with Crippen molar-refractivity contribution in [2.75, 3.05) is 6.54 Å². The second kappa shape index (κ2) is 4.52. The summed E-state index contributed by atoms with van der Waals surface area (Å²) in [6.45, 7) is 0.783. The molecule has 0 radical (unpaired) electrons. The third-order valence-corrected chi connectivity index (χ3v) is 3.67. The number of rotatable bonds is 1. The molecule has 0 spiro atoms. The molecule has 0 aromatic heterocycles. The van der Waals surface area contributed by atoms with Gasteiger partial charge in [-0.3, -0.25) is 4.79 Å². The van der Waals surface area contributed by atoms with Crippen LogP contribution < -0.4 is 0 Å². The SMILES string of the molecule is O=C1CC(Cl)CN1C1CCCCCC1. The van der Waals surface area contributed by atoms with Gasteiger partial charge in [0.2, 0.25) is 5.91 Å². The summed E-state index contributed by atoms with van der Waals surface area (Å²) < 4.78 is 0. The van der Waals surface area contributed by atoms with E-state index in [0.29, 0.717) is 12.5 Å². The molecule has 2 rings (SSSR count). The minimum Gasteiger partial charge on any atom is -0.338 e. The van der Waals surface area contributed by atoms with E-state index in [1.807, 2.05) is 4.90 Å². The predicted octanol–water partition coefficient (Wildman–Crippen LogP) is 2.55. The van der Waals surface area contributed by atoms with Gasteiger partial charge in [-0.15, -0.1) is 11.6 Å². The molecule has 2 fully saturated rings. The Morgan fingerprint density at radius 3 is 2.29 bits per heavy atom. The summed E-state index contributed by atoms with van der Waals surface area (Å²) >= 11 is 6.00. The molecular weight excluding hydrogens is 198 g/mol. The van der Waals surface area contributed by atoms with Gasteiger partial charge in [-0.25, -0.2) is 0 Å². The van der Waals surface area contributed by atoms with E-state index in [4.69, 9.17) is 11.6 Å². The first-order valence-corrected chi connectivity index (χ1v) is 6.14. The van der Waals surface area contributed by atoms with E-state index < -0.39 is 0 Å². The fourth-order valence-electron chi connectivity index (χ4n) is 2.61. The second-order valence-electron chi connectivity index (χ2n) is 4.49. The summed E-state index contributed by atoms with van der Waals surface area (Å²) in [7, 11) is 0. The molecule has 1 amide bonds. The van der Waals surface area contributed by atoms with Crippen LogP contribution in [-0.4, -0.2) is 28.8 Å². The van der Waals surface area contributed by atoms with E-state index in [1.54, 1.807) is 0 Å². The average Bonchev–Trinajstić information content (AvgIpc) is 2.43. The molecule has 1 aliphatic carbocycles. The summed E-state index contributed by atoms with van der Waals surface area (Å²) in [5.41, 5.74) is 0. The highest BCUT2D eigenvalue weighted by Gasteiger charge is 2.33. The number of carbonyl (C=O) groups is 1. The summed E-state index contributed by atoms with van der Waals surface area (Å²) in [5.74, 6) is 0.275. The Bertz CT molecular complexity index is 211. The van der Waals surface area contributed by atoms with Gasteiger partial charge >= 0.3 is 0 Å². The molecule has 0 N–H and O–H groups in total. The zero-order chi connectivity index (χ0) is 9.97. The Balaban J connectivity index is 1.95. The van der Waals surface area contributed by atoms with Gasteiger partial charge in [-0.1, -0.05) is 25.7 Å². The topological polar surface area (TPSA) is 20.3 Å². The van der Waals surface area contributed by atoms with Crippen LogP contribution in [0.2, 0.25) is 0 Å². The molecule has 2 nitrogen and oxygen atoms in total. The van der Waals surface area contributed by atoms with Crippen LogP contribution in [0.5, 0.6) is 0 Å². The van der Waals surface area contributed by atoms with Gasteiger partial charge in [0.25, 0.3) is 0 Å². The third kappa shape index (κ3) is 2.22. The van der Waals surface area contributed by atoms with Crippen molar-refractivity contribution in [3.05, 3.63) is 0 Å². The summed E-state index contributed by atoms with van der Waals surface area (Å²) in [6, 6.07) is 0.494. The first kappa shape index (κ1) is 10.3. The maximum atomic E-state index is 11.6. The summed E-state index contributed by atoms with van der Waals surface area (Å²) in [5, 5.41) is 0.0609. The largest absolute Gasteiger partial charge is 0.338 e. The molecular formula is C11H18ClNO. The highest BCUT2D eigenvalue weighted by molar-refractivity contribution is 6.22. The third-order valence-electron chi connectivity index (χ3n) is 3.38. The number of amides is 1. The Morgan fingerprint density at radius 1 is 1.14 bits per heavy atom. The molecule has 3 heteroatoms. The van der Waals surface area contributed by atoms with E-state index in [-0.39, 0.29) is 11.3 Å². The molecule has 0 aromatic rings. The number of hydrogen-bond acceptors (Lipinski definition) is 1. The minimum atomic E-state index is 0.0609. The van der Waals surface area contributed by atoms with E-state index >= 15 is 0 Å². The fourth-order valence-corrected chi connectivity index (χ4v) is 2.89. The van der Waals surface area contributed by atoms with Crippen LogP contribution in [0.4, 0.5) is 0 Å². The van der Waals surface area contributed by atoms with Gasteiger partial charge in [0.15, 0.2) is 0 Å². The highest BCUT2D eigenvalue weighted by atomic mass is 35.5. The molecule has 14 heavy (non-hydrogen) atoms. The van der Waals surface area contributed by atoms with Gasteiger partial charge in [0.05, 0.1) is 5.38 Å². The van der Waals surface area contributed by atoms with Crippen LogP contribution in [0.15, 0.2) is 0 Å². The number of hydrogen-bond donors (Lipinski definition) is 0. The summed E-state index contributed by atoms with van der Waals surface area (Å²) in [4.78, 5) is 13.7. The van der Waals surface area contributed by atoms with Crippen LogP contribution in [0.3, 0.4) is 0 Å². The van der Waals surface area contributed by atoms with Crippen LogP contribution in [0, 0.1) is 0 Å². The first-order valence-electron chi connectivity index (χ1n) is 5.71. The lowest BCUT2D eigenvalue weighted by molar-refractivity contribution is -0.129. The van der Waals surface area contributed by atoms with E-state index in [0.717, 1.165) is 6.54 Å². The highest BCUT2D eigenvalue weighted by Crippen LogP contribution is 2.27. The number of likely N-dealkylation sites (tertiary alicyclic amines) is 1. The minimum absolute atomic E-state index is 0.0609. The van der Waals surface area contributed by atoms with Crippen molar-refractivity contribution in [1.82, 2.24) is 4.90 Å². The van der Waals surface area contributed by atoms with Crippen molar-refractivity contribution in [2.24, 2.45) is 0 Å². The van der Waals surface area contributed by atoms with Gasteiger partial charge in [-0.05, 0) is 12.8 Å². The van der Waals surface area contributed by atoms with Crippen molar-refractivity contribution in [3.8, 4) is 0 Å². The smallest absolute Gasteiger partial charge is 0.224 e. The molecule has 80 valence electrons. The first-order chi connectivity index (χ1) is 6.77. The van der Waals surface area contributed by atoms with Crippen molar-refractivity contribution >= 4 is 17.5 Å². The second-order valence-corrected chi connectivity index (χ2v) is 5.11. The monoisotopic (exact) mass is 215 g/mol. The number of alkyl halides is 1. The zero-order valence-electron chi connectivity index (χ0n) is 8.54. The lowest BCUT2D eigenvalue weighted by atomic mass is 10.1. The number of nitrogens with zero attached hydrogens (tertiary/aromatic N) is 1. The Labute approximate surface area is 90.6 Å². The Morgan fingerprint density at radius 2 is 1.79 bits per heavy atom. The van der Waals surface area contributed by atoms with Gasteiger partial charge in [-0.2, -0.15) is 0 Å². The molecule has 0 bridgehead atoms. The molecule has 1 aliphatic heterocycles. The van der Waals surface area contributed by atoms with Gasteiger partial charge in [0, 0.05) is 19.0 Å². The predicted molar refractivity (Wildman–Crippen MR) is 57.5 cm³/mol. The lowest BCUT2D eigenvalue weighted by Gasteiger charge is -2.26. The molecule has 1 saturated heterocycles. The average molecular weight is 216 g/mol. The molecule has 1 saturated carbocycles. The summed E-state index contributed by atoms with van der Waals surface area (Å²) in [6.07, 6.45) is 8.16. The molecule has 1 unspecified atom stereocenters. The quantitative estimate of drug-likeness (QED) is 0.486. The Kier molecular flexibility index (Phi) is 3.32. The van der Waals surface area contributed by atoms with Gasteiger partial charge in [0.1, 0.15) is 0 Å². The number of carbonyl (C=O) groups excluding carboxylic acids is 1. The standard InChI is InChI=1S/C11H18ClNO/c12-9-7-11(14)13(8-9)10-5-3-1-2-4-6-10/h9-10H,1-8H2. The van der Waals surface area contributed by atoms with Crippen molar-refractivity contribution in [3.63, 3.8) is 0 Å². The maximum absolute atomic E-state index is 11.6. The van der Waals surface area contributed by atoms with Crippen molar-refractivity contribution < 1.29 is 4.79 Å². The van der Waals surface area contributed by atoms with E-state index in [1.165, 1.54) is 38.5 Å². The molecule has 1 heterocycles. The van der Waals surface area contributed by atoms with Gasteiger partial charge < -0.3 is 4.90 Å². The number of halogens is 1. The zero-order valence-corrected chi connectivity index (χ0v) is 9.30. The lowest BCUT2D eigenvalue weighted by Crippen LogP contribution is -2.36. The van der Waals surface area contributed by atoms with E-state index in [2.05, 4.69) is 0 Å². The van der Waals surface area contributed by atoms with E-state index in [9.17, 15) is 4.79 Å². The normalized spacial score (nSPS) is 30.8. The maximum Gasteiger partial charge on any atom is 0.224 e. The fraction of sp³-hybridized carbons (Fsp3) is 0.909. The van der Waals surface area contributed by atoms with Crippen LogP contribution in [0.1, 0.15) is 44.9 Å². The molecule has 1 atom stereocenters. The van der Waals surface area contributed by atoms with Crippen LogP contribution in [0.25, 0.3) is 0 Å². The molecule has 0 aromatic carbocycles. The van der Waals surface area contributed by atoms with Crippen molar-refractivity contribution in [2.45, 2.75) is 56.4 Å².